The van der Waals surface area contributed by atoms with Crippen molar-refractivity contribution in [1.82, 2.24) is 9.88 Å². The van der Waals surface area contributed by atoms with Crippen molar-refractivity contribution in [3.8, 4) is 0 Å². The third-order valence-corrected chi connectivity index (χ3v) is 2.44. The highest BCUT2D eigenvalue weighted by Gasteiger charge is 2.18. The van der Waals surface area contributed by atoms with Crippen LogP contribution in [0.3, 0.4) is 0 Å². The monoisotopic (exact) mass is 192 g/mol. The molecule has 1 aromatic rings. The van der Waals surface area contributed by atoms with Gasteiger partial charge >= 0.3 is 5.97 Å². The van der Waals surface area contributed by atoms with E-state index in [4.69, 9.17) is 5.11 Å². The van der Waals surface area contributed by atoms with Crippen LogP contribution in [0.5, 0.6) is 0 Å². The smallest absolute Gasteiger partial charge is 0.354 e. The van der Waals surface area contributed by atoms with Crippen LogP contribution in [-0.2, 0) is 6.54 Å². The number of aromatic carboxylic acids is 1. The molecule has 0 atom stereocenters. The minimum absolute atomic E-state index is 0.180. The van der Waals surface area contributed by atoms with Crippen LogP contribution in [0.4, 0.5) is 0 Å². The van der Waals surface area contributed by atoms with Gasteiger partial charge in [-0.15, -0.1) is 0 Å². The average Bonchev–Trinajstić information content (AvgIpc) is 2.12. The topological polar surface area (TPSA) is 53.4 Å². The van der Waals surface area contributed by atoms with E-state index in [9.17, 15) is 4.79 Å². The Bertz CT molecular complexity index is 348. The number of likely N-dealkylation sites (tertiary alicyclic amines) is 1. The fourth-order valence-corrected chi connectivity index (χ4v) is 1.54. The van der Waals surface area contributed by atoms with Gasteiger partial charge in [-0.1, -0.05) is 6.07 Å². The van der Waals surface area contributed by atoms with Gasteiger partial charge in [0.05, 0.1) is 0 Å². The maximum atomic E-state index is 10.8. The summed E-state index contributed by atoms with van der Waals surface area (Å²) in [5.41, 5.74) is 0.985. The van der Waals surface area contributed by atoms with Gasteiger partial charge in [0.25, 0.3) is 0 Å². The molecule has 0 spiro atoms. The third kappa shape index (κ3) is 1.75. The van der Waals surface area contributed by atoms with E-state index in [1.54, 1.807) is 6.07 Å². The molecule has 0 unspecified atom stereocenters. The van der Waals surface area contributed by atoms with Gasteiger partial charge < -0.3 is 5.11 Å². The number of aromatic nitrogens is 1. The van der Waals surface area contributed by atoms with Crippen LogP contribution >= 0.6 is 0 Å². The van der Waals surface area contributed by atoms with Gasteiger partial charge in [0.2, 0.25) is 0 Å². The molecule has 0 saturated carbocycles. The number of hydrogen-bond donors (Lipinski definition) is 1. The lowest BCUT2D eigenvalue weighted by Gasteiger charge is -2.30. The van der Waals surface area contributed by atoms with Gasteiger partial charge in [0, 0.05) is 12.7 Å². The molecule has 74 valence electrons. The Morgan fingerprint density at radius 1 is 1.57 bits per heavy atom. The second-order valence-corrected chi connectivity index (χ2v) is 3.45. The SMILES string of the molecule is O=C(O)c1ncccc1CN1CCC1. The molecular formula is C10H12N2O2. The Hall–Kier alpha value is -1.42. The van der Waals surface area contributed by atoms with E-state index in [2.05, 4.69) is 9.88 Å². The van der Waals surface area contributed by atoms with Crippen molar-refractivity contribution in [2.24, 2.45) is 0 Å². The summed E-state index contributed by atoms with van der Waals surface area (Å²) in [7, 11) is 0. The molecule has 4 heteroatoms. The van der Waals surface area contributed by atoms with Crippen molar-refractivity contribution in [2.75, 3.05) is 13.1 Å². The van der Waals surface area contributed by atoms with E-state index in [-0.39, 0.29) is 5.69 Å². The predicted octanol–water partition coefficient (Wildman–Crippen LogP) is 0.986. The molecule has 1 aliphatic heterocycles. The summed E-state index contributed by atoms with van der Waals surface area (Å²) in [6, 6.07) is 3.61. The number of rotatable bonds is 3. The van der Waals surface area contributed by atoms with Gasteiger partial charge in [-0.2, -0.15) is 0 Å². The number of pyridine rings is 1. The normalized spacial score (nSPS) is 16.3. The molecule has 0 radical (unpaired) electrons. The number of nitrogens with zero attached hydrogens (tertiary/aromatic N) is 2. The first-order valence-electron chi connectivity index (χ1n) is 4.67. The molecule has 2 heterocycles. The maximum absolute atomic E-state index is 10.8. The molecule has 0 aliphatic carbocycles. The summed E-state index contributed by atoms with van der Waals surface area (Å²) in [6.45, 7) is 2.83. The van der Waals surface area contributed by atoms with E-state index in [0.717, 1.165) is 18.7 Å². The Morgan fingerprint density at radius 3 is 2.93 bits per heavy atom. The van der Waals surface area contributed by atoms with Crippen LogP contribution in [0, 0.1) is 0 Å². The minimum Gasteiger partial charge on any atom is -0.477 e. The zero-order valence-electron chi connectivity index (χ0n) is 7.81. The molecule has 0 bridgehead atoms. The van der Waals surface area contributed by atoms with Crippen molar-refractivity contribution >= 4 is 5.97 Å². The fourth-order valence-electron chi connectivity index (χ4n) is 1.54. The molecule has 1 aromatic heterocycles. The Kier molecular flexibility index (Phi) is 2.45. The van der Waals surface area contributed by atoms with Crippen molar-refractivity contribution in [2.45, 2.75) is 13.0 Å². The lowest BCUT2D eigenvalue weighted by atomic mass is 10.1. The summed E-state index contributed by atoms with van der Waals surface area (Å²) >= 11 is 0. The van der Waals surface area contributed by atoms with E-state index in [1.165, 1.54) is 12.6 Å². The van der Waals surface area contributed by atoms with E-state index >= 15 is 0 Å². The van der Waals surface area contributed by atoms with Gasteiger partial charge in [-0.25, -0.2) is 9.78 Å². The van der Waals surface area contributed by atoms with Gasteiger partial charge in [-0.3, -0.25) is 4.90 Å². The largest absolute Gasteiger partial charge is 0.477 e. The first-order chi connectivity index (χ1) is 6.77. The molecular weight excluding hydrogens is 180 g/mol. The predicted molar refractivity (Wildman–Crippen MR) is 51.1 cm³/mol. The highest BCUT2D eigenvalue weighted by atomic mass is 16.4. The van der Waals surface area contributed by atoms with Crippen LogP contribution in [0.25, 0.3) is 0 Å². The number of carboxylic acids is 1. The lowest BCUT2D eigenvalue weighted by molar-refractivity contribution is 0.0686. The van der Waals surface area contributed by atoms with Crippen LogP contribution in [0.1, 0.15) is 22.5 Å². The number of carbonyl (C=O) groups is 1. The molecule has 0 aromatic carbocycles. The summed E-state index contributed by atoms with van der Waals surface area (Å²) in [5, 5.41) is 8.89. The fraction of sp³-hybridized carbons (Fsp3) is 0.400. The molecule has 0 amide bonds. The molecule has 1 aliphatic rings. The number of hydrogen-bond acceptors (Lipinski definition) is 3. The molecule has 4 nitrogen and oxygen atoms in total. The van der Waals surface area contributed by atoms with Crippen molar-refractivity contribution in [1.29, 1.82) is 0 Å². The van der Waals surface area contributed by atoms with Crippen LogP contribution < -0.4 is 0 Å². The summed E-state index contributed by atoms with van der Waals surface area (Å²) in [6.07, 6.45) is 2.73. The van der Waals surface area contributed by atoms with Gasteiger partial charge in [0.1, 0.15) is 0 Å². The van der Waals surface area contributed by atoms with Crippen LogP contribution in [0.2, 0.25) is 0 Å². The zero-order chi connectivity index (χ0) is 9.97. The summed E-state index contributed by atoms with van der Waals surface area (Å²) < 4.78 is 0. The van der Waals surface area contributed by atoms with Gasteiger partial charge in [0.15, 0.2) is 5.69 Å². The highest BCUT2D eigenvalue weighted by molar-refractivity contribution is 5.86. The third-order valence-electron chi connectivity index (χ3n) is 2.44. The first kappa shape index (κ1) is 9.15. The van der Waals surface area contributed by atoms with Gasteiger partial charge in [-0.05, 0) is 31.1 Å². The van der Waals surface area contributed by atoms with Crippen molar-refractivity contribution in [3.63, 3.8) is 0 Å². The second kappa shape index (κ2) is 3.75. The minimum atomic E-state index is -0.943. The van der Waals surface area contributed by atoms with E-state index in [1.807, 2.05) is 6.07 Å². The molecule has 1 N–H and O–H groups in total. The molecule has 2 rings (SSSR count). The summed E-state index contributed by atoms with van der Waals surface area (Å²) in [5.74, 6) is -0.943. The molecule has 1 fully saturated rings. The Morgan fingerprint density at radius 2 is 2.36 bits per heavy atom. The maximum Gasteiger partial charge on any atom is 0.354 e. The Labute approximate surface area is 82.2 Å². The number of carboxylic acid groups (broad SMARTS) is 1. The lowest BCUT2D eigenvalue weighted by Crippen LogP contribution is -2.36. The van der Waals surface area contributed by atoms with Crippen LogP contribution in [-0.4, -0.2) is 34.0 Å². The summed E-state index contributed by atoms with van der Waals surface area (Å²) in [4.78, 5) is 16.9. The Balaban J connectivity index is 2.17. The van der Waals surface area contributed by atoms with Crippen LogP contribution in [0.15, 0.2) is 18.3 Å². The van der Waals surface area contributed by atoms with E-state index < -0.39 is 5.97 Å². The molecule has 14 heavy (non-hydrogen) atoms. The first-order valence-corrected chi connectivity index (χ1v) is 4.67. The van der Waals surface area contributed by atoms with Crippen molar-refractivity contribution in [3.05, 3.63) is 29.6 Å². The second-order valence-electron chi connectivity index (χ2n) is 3.45. The van der Waals surface area contributed by atoms with E-state index in [0.29, 0.717) is 6.54 Å². The standard InChI is InChI=1S/C10H12N2O2/c13-10(14)9-8(3-1-4-11-9)7-12-5-2-6-12/h1,3-4H,2,5-7H2,(H,13,14). The van der Waals surface area contributed by atoms with Crippen molar-refractivity contribution < 1.29 is 9.90 Å². The highest BCUT2D eigenvalue weighted by Crippen LogP contribution is 2.14. The quantitative estimate of drug-likeness (QED) is 0.775. The average molecular weight is 192 g/mol. The molecule has 1 saturated heterocycles. The zero-order valence-corrected chi connectivity index (χ0v) is 7.81.